The number of piperidine rings is 1. The van der Waals surface area contributed by atoms with Crippen molar-refractivity contribution in [2.45, 2.75) is 56.4 Å². The van der Waals surface area contributed by atoms with Crippen molar-refractivity contribution >= 4 is 10.0 Å². The zero-order valence-electron chi connectivity index (χ0n) is 16.2. The van der Waals surface area contributed by atoms with Gasteiger partial charge in [0.1, 0.15) is 11.9 Å². The van der Waals surface area contributed by atoms with Gasteiger partial charge in [-0.1, -0.05) is 32.9 Å². The lowest BCUT2D eigenvalue weighted by Crippen LogP contribution is -2.39. The highest BCUT2D eigenvalue weighted by Crippen LogP contribution is 2.32. The molecule has 6 nitrogen and oxygen atoms in total. The number of hydrogen-bond acceptors (Lipinski definition) is 4. The molecule has 0 spiro atoms. The molecule has 1 atom stereocenters. The number of aliphatic hydroxyl groups excluding tert-OH is 1. The molecule has 1 aliphatic rings. The maximum absolute atomic E-state index is 13.0. The summed E-state index contributed by atoms with van der Waals surface area (Å²) in [6.45, 7) is 7.27. The van der Waals surface area contributed by atoms with Gasteiger partial charge in [-0.2, -0.15) is 4.31 Å². The number of imidazole rings is 1. The van der Waals surface area contributed by atoms with Crippen LogP contribution in [0.25, 0.3) is 0 Å². The molecule has 1 aliphatic heterocycles. The quantitative estimate of drug-likeness (QED) is 0.791. The van der Waals surface area contributed by atoms with E-state index in [-0.39, 0.29) is 11.3 Å². The zero-order chi connectivity index (χ0) is 19.7. The van der Waals surface area contributed by atoms with Gasteiger partial charge < -0.3 is 10.1 Å². The molecule has 1 unspecified atom stereocenters. The lowest BCUT2D eigenvalue weighted by molar-refractivity contribution is 0.0696. The third kappa shape index (κ3) is 4.10. The molecule has 2 heterocycles. The molecule has 0 saturated carbocycles. The fourth-order valence-electron chi connectivity index (χ4n) is 3.53. The maximum atomic E-state index is 13.0. The van der Waals surface area contributed by atoms with Crippen LogP contribution in [-0.2, 0) is 15.4 Å². The molecule has 148 valence electrons. The Hall–Kier alpha value is -1.70. The summed E-state index contributed by atoms with van der Waals surface area (Å²) in [5.74, 6) is 0.556. The van der Waals surface area contributed by atoms with Crippen molar-refractivity contribution in [1.82, 2.24) is 14.3 Å². The minimum atomic E-state index is -3.51. The van der Waals surface area contributed by atoms with E-state index < -0.39 is 16.1 Å². The van der Waals surface area contributed by atoms with Gasteiger partial charge in [0.05, 0.1) is 4.90 Å². The van der Waals surface area contributed by atoms with E-state index in [1.807, 2.05) is 12.1 Å². The minimum absolute atomic E-state index is 0.00956. The van der Waals surface area contributed by atoms with E-state index in [0.717, 1.165) is 12.0 Å². The first kappa shape index (κ1) is 20.0. The lowest BCUT2D eigenvalue weighted by atomic mass is 9.82. The van der Waals surface area contributed by atoms with Crippen LogP contribution in [-0.4, -0.2) is 40.9 Å². The molecule has 3 rings (SSSR count). The van der Waals surface area contributed by atoms with E-state index >= 15 is 0 Å². The molecule has 2 aromatic rings. The Morgan fingerprint density at radius 3 is 2.41 bits per heavy atom. The van der Waals surface area contributed by atoms with Crippen molar-refractivity contribution in [1.29, 1.82) is 0 Å². The van der Waals surface area contributed by atoms with E-state index in [0.29, 0.717) is 36.7 Å². The highest BCUT2D eigenvalue weighted by atomic mass is 32.2. The van der Waals surface area contributed by atoms with Crippen LogP contribution < -0.4 is 0 Å². The third-order valence-electron chi connectivity index (χ3n) is 5.90. The van der Waals surface area contributed by atoms with E-state index in [9.17, 15) is 13.5 Å². The van der Waals surface area contributed by atoms with Crippen LogP contribution in [0.1, 0.15) is 57.5 Å². The van der Waals surface area contributed by atoms with E-state index in [4.69, 9.17) is 0 Å². The molecule has 0 aliphatic carbocycles. The number of nitrogens with one attached hydrogen (secondary N) is 1. The molecule has 1 aromatic heterocycles. The Morgan fingerprint density at radius 1 is 1.26 bits per heavy atom. The molecule has 1 aromatic carbocycles. The first-order valence-electron chi connectivity index (χ1n) is 9.54. The zero-order valence-corrected chi connectivity index (χ0v) is 17.0. The largest absolute Gasteiger partial charge is 0.385 e. The fraction of sp³-hybridized carbons (Fsp3) is 0.550. The number of aliphatic hydroxyl groups is 1. The van der Waals surface area contributed by atoms with Gasteiger partial charge >= 0.3 is 0 Å². The molecular weight excluding hydrogens is 362 g/mol. The van der Waals surface area contributed by atoms with Crippen molar-refractivity contribution < 1.29 is 13.5 Å². The first-order valence-corrected chi connectivity index (χ1v) is 11.0. The molecule has 7 heteroatoms. The Bertz CT molecular complexity index is 837. The Morgan fingerprint density at radius 2 is 1.89 bits per heavy atom. The predicted octanol–water partition coefficient (Wildman–Crippen LogP) is 3.23. The number of benzene rings is 1. The summed E-state index contributed by atoms with van der Waals surface area (Å²) in [4.78, 5) is 7.37. The van der Waals surface area contributed by atoms with Gasteiger partial charge in [0.2, 0.25) is 10.0 Å². The normalized spacial score (nSPS) is 18.5. The van der Waals surface area contributed by atoms with Gasteiger partial charge in [-0.3, -0.25) is 0 Å². The van der Waals surface area contributed by atoms with E-state index in [2.05, 4.69) is 30.7 Å². The molecule has 1 fully saturated rings. The Kier molecular flexibility index (Phi) is 5.74. The van der Waals surface area contributed by atoms with Crippen LogP contribution in [0.4, 0.5) is 0 Å². The maximum Gasteiger partial charge on any atom is 0.243 e. The van der Waals surface area contributed by atoms with Crippen LogP contribution >= 0.6 is 0 Å². The third-order valence-corrected chi connectivity index (χ3v) is 7.81. The van der Waals surface area contributed by atoms with E-state index in [1.165, 1.54) is 4.31 Å². The van der Waals surface area contributed by atoms with Gasteiger partial charge in [-0.25, -0.2) is 13.4 Å². The van der Waals surface area contributed by atoms with Crippen molar-refractivity contribution in [3.8, 4) is 0 Å². The number of aromatic nitrogens is 2. The number of H-pyrrole nitrogens is 1. The number of sulfonamides is 1. The molecule has 0 amide bonds. The highest BCUT2D eigenvalue weighted by Gasteiger charge is 2.33. The number of hydrogen-bond donors (Lipinski definition) is 2. The fourth-order valence-corrected chi connectivity index (χ4v) is 5.00. The van der Waals surface area contributed by atoms with Crippen molar-refractivity contribution in [3.05, 3.63) is 48.0 Å². The summed E-state index contributed by atoms with van der Waals surface area (Å²) in [5.41, 5.74) is 1.17. The second kappa shape index (κ2) is 7.73. The Balaban J connectivity index is 1.68. The molecule has 0 radical (unpaired) electrons. The lowest BCUT2D eigenvalue weighted by Gasteiger charge is -2.33. The topological polar surface area (TPSA) is 86.3 Å². The average Bonchev–Trinajstić information content (AvgIpc) is 3.22. The van der Waals surface area contributed by atoms with Crippen LogP contribution in [0, 0.1) is 5.92 Å². The molecule has 2 N–H and O–H groups in total. The monoisotopic (exact) mass is 391 g/mol. The summed E-state index contributed by atoms with van der Waals surface area (Å²) in [7, 11) is -3.51. The molecule has 0 bridgehead atoms. The second-order valence-corrected chi connectivity index (χ2v) is 9.86. The van der Waals surface area contributed by atoms with Crippen molar-refractivity contribution in [2.75, 3.05) is 13.1 Å². The van der Waals surface area contributed by atoms with Crippen LogP contribution in [0.2, 0.25) is 0 Å². The number of rotatable bonds is 6. The molecule has 27 heavy (non-hydrogen) atoms. The smallest absolute Gasteiger partial charge is 0.243 e. The van der Waals surface area contributed by atoms with Crippen molar-refractivity contribution in [2.24, 2.45) is 5.92 Å². The van der Waals surface area contributed by atoms with Gasteiger partial charge in [0.25, 0.3) is 0 Å². The van der Waals surface area contributed by atoms with Crippen LogP contribution in [0.5, 0.6) is 0 Å². The Labute approximate surface area is 161 Å². The number of aromatic amines is 1. The highest BCUT2D eigenvalue weighted by molar-refractivity contribution is 7.89. The number of nitrogens with zero attached hydrogens (tertiary/aromatic N) is 2. The van der Waals surface area contributed by atoms with Gasteiger partial charge in [0, 0.05) is 25.5 Å². The minimum Gasteiger partial charge on any atom is -0.385 e. The SMILES string of the molecule is CCC(C)(C)c1ccc(S(=O)(=O)N2CCC(C(O)c3ncc[nH]3)CC2)cc1. The second-order valence-electron chi connectivity index (χ2n) is 7.92. The first-order chi connectivity index (χ1) is 12.8. The average molecular weight is 392 g/mol. The summed E-state index contributed by atoms with van der Waals surface area (Å²) in [6.07, 6.45) is 4.83. The van der Waals surface area contributed by atoms with Gasteiger partial charge in [-0.15, -0.1) is 0 Å². The molecule has 1 saturated heterocycles. The standard InChI is InChI=1S/C20H29N3O3S/c1-4-20(2,3)16-5-7-17(8-6-16)27(25,26)23-13-9-15(10-14-23)18(24)19-21-11-12-22-19/h5-8,11-12,15,18,24H,4,9-10,13-14H2,1-3H3,(H,21,22). The van der Waals surface area contributed by atoms with Gasteiger partial charge in [-0.05, 0) is 48.3 Å². The van der Waals surface area contributed by atoms with Crippen molar-refractivity contribution in [3.63, 3.8) is 0 Å². The molecular formula is C20H29N3O3S. The summed E-state index contributed by atoms with van der Waals surface area (Å²) in [6, 6.07) is 7.27. The summed E-state index contributed by atoms with van der Waals surface area (Å²) in [5, 5.41) is 10.4. The summed E-state index contributed by atoms with van der Waals surface area (Å²) < 4.78 is 27.5. The van der Waals surface area contributed by atoms with Crippen LogP contribution in [0.15, 0.2) is 41.6 Å². The summed E-state index contributed by atoms with van der Waals surface area (Å²) >= 11 is 0. The predicted molar refractivity (Wildman–Crippen MR) is 105 cm³/mol. The van der Waals surface area contributed by atoms with E-state index in [1.54, 1.807) is 24.5 Å². The van der Waals surface area contributed by atoms with Gasteiger partial charge in [0.15, 0.2) is 0 Å². The van der Waals surface area contributed by atoms with Crippen LogP contribution in [0.3, 0.4) is 0 Å².